The number of halogens is 6. The molecule has 2 rings (SSSR count). The molecule has 1 aromatic carbocycles. The summed E-state index contributed by atoms with van der Waals surface area (Å²) in [6, 6.07) is 4.01. The number of benzene rings is 1. The van der Waals surface area contributed by atoms with Gasteiger partial charge in [-0.05, 0) is 12.1 Å². The van der Waals surface area contributed by atoms with Gasteiger partial charge in [0.05, 0.1) is 5.69 Å². The fourth-order valence-corrected chi connectivity index (χ4v) is 1.57. The van der Waals surface area contributed by atoms with E-state index >= 15 is 0 Å². The van der Waals surface area contributed by atoms with Gasteiger partial charge >= 0.3 is 6.18 Å². The van der Waals surface area contributed by atoms with Gasteiger partial charge in [-0.3, -0.25) is 0 Å². The van der Waals surface area contributed by atoms with Crippen molar-refractivity contribution < 1.29 is 22.0 Å². The molecule has 0 fully saturated rings. The van der Waals surface area contributed by atoms with Crippen LogP contribution in [0, 0.1) is 11.6 Å². The van der Waals surface area contributed by atoms with Gasteiger partial charge in [0.1, 0.15) is 5.15 Å². The highest BCUT2D eigenvalue weighted by molar-refractivity contribution is 6.29. The van der Waals surface area contributed by atoms with Crippen LogP contribution in [0.1, 0.15) is 5.82 Å². The summed E-state index contributed by atoms with van der Waals surface area (Å²) in [7, 11) is 0. The average Bonchev–Trinajstić information content (AvgIpc) is 2.31. The third-order valence-electron chi connectivity index (χ3n) is 2.18. The molecule has 1 heterocycles. The topological polar surface area (TPSA) is 25.8 Å². The maximum absolute atomic E-state index is 13.5. The molecule has 0 aliphatic heterocycles. The van der Waals surface area contributed by atoms with Crippen molar-refractivity contribution >= 4 is 11.6 Å². The Morgan fingerprint density at radius 2 is 1.74 bits per heavy atom. The van der Waals surface area contributed by atoms with E-state index in [1.54, 1.807) is 0 Å². The molecule has 0 saturated carbocycles. The van der Waals surface area contributed by atoms with Crippen molar-refractivity contribution in [2.75, 3.05) is 0 Å². The summed E-state index contributed by atoms with van der Waals surface area (Å²) in [5.41, 5.74) is -0.862. The number of alkyl halides is 3. The highest BCUT2D eigenvalue weighted by Crippen LogP contribution is 2.30. The van der Waals surface area contributed by atoms with E-state index in [2.05, 4.69) is 9.97 Å². The third-order valence-corrected chi connectivity index (χ3v) is 2.37. The van der Waals surface area contributed by atoms with Crippen LogP contribution in [0.5, 0.6) is 0 Å². The minimum Gasteiger partial charge on any atom is -0.224 e. The minimum atomic E-state index is -4.83. The predicted molar refractivity (Wildman–Crippen MR) is 57.4 cm³/mol. The zero-order valence-electron chi connectivity index (χ0n) is 8.97. The second-order valence-electron chi connectivity index (χ2n) is 3.50. The molecule has 0 bridgehead atoms. The van der Waals surface area contributed by atoms with E-state index < -0.39 is 40.0 Å². The van der Waals surface area contributed by atoms with Gasteiger partial charge in [0, 0.05) is 11.6 Å². The lowest BCUT2D eigenvalue weighted by atomic mass is 10.1. The van der Waals surface area contributed by atoms with Gasteiger partial charge < -0.3 is 0 Å². The van der Waals surface area contributed by atoms with Gasteiger partial charge in [-0.25, -0.2) is 18.7 Å². The van der Waals surface area contributed by atoms with Crippen molar-refractivity contribution in [1.29, 1.82) is 0 Å². The van der Waals surface area contributed by atoms with E-state index in [9.17, 15) is 22.0 Å². The molecule has 0 spiro atoms. The van der Waals surface area contributed by atoms with E-state index in [1.165, 1.54) is 0 Å². The van der Waals surface area contributed by atoms with Crippen molar-refractivity contribution in [3.8, 4) is 11.3 Å². The number of hydrogen-bond acceptors (Lipinski definition) is 2. The first kappa shape index (κ1) is 13.7. The summed E-state index contributed by atoms with van der Waals surface area (Å²) in [6.45, 7) is 0. The van der Waals surface area contributed by atoms with E-state index in [4.69, 9.17) is 11.6 Å². The van der Waals surface area contributed by atoms with Crippen LogP contribution < -0.4 is 0 Å². The Morgan fingerprint density at radius 1 is 1.05 bits per heavy atom. The lowest BCUT2D eigenvalue weighted by molar-refractivity contribution is -0.144. The van der Waals surface area contributed by atoms with Crippen LogP contribution in [0.4, 0.5) is 22.0 Å². The van der Waals surface area contributed by atoms with Gasteiger partial charge in [0.2, 0.25) is 5.82 Å². The summed E-state index contributed by atoms with van der Waals surface area (Å²) in [5, 5.41) is -0.513. The summed E-state index contributed by atoms with van der Waals surface area (Å²) in [5.74, 6) is -4.01. The molecule has 1 aromatic heterocycles. The molecule has 100 valence electrons. The number of nitrogens with zero attached hydrogens (tertiary/aromatic N) is 2. The molecule has 0 aliphatic carbocycles. The third kappa shape index (κ3) is 2.81. The van der Waals surface area contributed by atoms with E-state index in [0.717, 1.165) is 24.3 Å². The number of hydrogen-bond donors (Lipinski definition) is 0. The molecule has 0 saturated heterocycles. The molecular weight excluding hydrogens is 291 g/mol. The quantitative estimate of drug-likeness (QED) is 0.585. The molecule has 19 heavy (non-hydrogen) atoms. The van der Waals surface area contributed by atoms with E-state index in [1.807, 2.05) is 0 Å². The van der Waals surface area contributed by atoms with Gasteiger partial charge in [-0.2, -0.15) is 13.2 Å². The Balaban J connectivity index is 2.63. The van der Waals surface area contributed by atoms with Crippen molar-refractivity contribution in [2.24, 2.45) is 0 Å². The van der Waals surface area contributed by atoms with Crippen molar-refractivity contribution in [1.82, 2.24) is 9.97 Å². The summed E-state index contributed by atoms with van der Waals surface area (Å²) >= 11 is 5.43. The fourth-order valence-electron chi connectivity index (χ4n) is 1.38. The fraction of sp³-hybridized carbons (Fsp3) is 0.0909. The normalized spacial score (nSPS) is 11.7. The molecule has 0 unspecified atom stereocenters. The minimum absolute atomic E-state index is 0.421. The first-order valence-corrected chi connectivity index (χ1v) is 5.23. The highest BCUT2D eigenvalue weighted by Gasteiger charge is 2.35. The second-order valence-corrected chi connectivity index (χ2v) is 3.89. The lowest BCUT2D eigenvalue weighted by Crippen LogP contribution is -2.12. The Kier molecular flexibility index (Phi) is 3.40. The Morgan fingerprint density at radius 3 is 2.37 bits per heavy atom. The Hall–Kier alpha value is -1.76. The van der Waals surface area contributed by atoms with Crippen LogP contribution in [0.15, 0.2) is 24.3 Å². The molecule has 0 N–H and O–H groups in total. The maximum Gasteiger partial charge on any atom is 0.451 e. The first-order chi connectivity index (χ1) is 8.79. The monoisotopic (exact) mass is 294 g/mol. The van der Waals surface area contributed by atoms with Crippen LogP contribution in [0.25, 0.3) is 11.3 Å². The van der Waals surface area contributed by atoms with Crippen LogP contribution in [0.3, 0.4) is 0 Å². The lowest BCUT2D eigenvalue weighted by Gasteiger charge is -2.08. The second kappa shape index (κ2) is 4.73. The SMILES string of the molecule is Fc1cccc(-c2cc(Cl)nc(C(F)(F)F)n2)c1F. The van der Waals surface area contributed by atoms with Gasteiger partial charge in [0.25, 0.3) is 0 Å². The van der Waals surface area contributed by atoms with Crippen LogP contribution in [-0.4, -0.2) is 9.97 Å². The number of aromatic nitrogens is 2. The summed E-state index contributed by atoms with van der Waals surface area (Å²) in [4.78, 5) is 6.15. The van der Waals surface area contributed by atoms with Crippen LogP contribution in [0.2, 0.25) is 5.15 Å². The zero-order chi connectivity index (χ0) is 14.2. The van der Waals surface area contributed by atoms with Crippen LogP contribution >= 0.6 is 11.6 Å². The summed E-state index contributed by atoms with van der Waals surface area (Å²) in [6.07, 6.45) is -4.83. The predicted octanol–water partition coefficient (Wildman–Crippen LogP) is 4.09. The standard InChI is InChI=1S/C11H4ClF5N2/c12-8-4-7(18-10(19-8)11(15,16)17)5-2-1-3-6(13)9(5)14/h1-4H. The molecule has 0 aliphatic rings. The maximum atomic E-state index is 13.5. The largest absolute Gasteiger partial charge is 0.451 e. The summed E-state index contributed by atoms with van der Waals surface area (Å²) < 4.78 is 64.0. The molecule has 0 amide bonds. The molecule has 0 atom stereocenters. The van der Waals surface area contributed by atoms with Gasteiger partial charge in [-0.1, -0.05) is 17.7 Å². The molecular formula is C11H4ClF5N2. The number of rotatable bonds is 1. The average molecular weight is 295 g/mol. The van der Waals surface area contributed by atoms with Crippen molar-refractivity contribution in [3.63, 3.8) is 0 Å². The van der Waals surface area contributed by atoms with Crippen molar-refractivity contribution in [3.05, 3.63) is 46.9 Å². The van der Waals surface area contributed by atoms with Crippen molar-refractivity contribution in [2.45, 2.75) is 6.18 Å². The molecule has 8 heteroatoms. The van der Waals surface area contributed by atoms with E-state index in [0.29, 0.717) is 0 Å². The zero-order valence-corrected chi connectivity index (χ0v) is 9.73. The molecule has 2 aromatic rings. The molecule has 2 nitrogen and oxygen atoms in total. The Labute approximate surface area is 108 Å². The smallest absolute Gasteiger partial charge is 0.224 e. The van der Waals surface area contributed by atoms with Gasteiger partial charge in [0.15, 0.2) is 11.6 Å². The first-order valence-electron chi connectivity index (χ1n) is 4.85. The Bertz CT molecular complexity index is 627. The van der Waals surface area contributed by atoms with Gasteiger partial charge in [-0.15, -0.1) is 0 Å². The highest BCUT2D eigenvalue weighted by atomic mass is 35.5. The van der Waals surface area contributed by atoms with Crippen LogP contribution in [-0.2, 0) is 6.18 Å². The molecule has 0 radical (unpaired) electrons. The van der Waals surface area contributed by atoms with E-state index in [-0.39, 0.29) is 0 Å².